The second-order valence-electron chi connectivity index (χ2n) is 10.5. The molecule has 2 aromatic rings. The Bertz CT molecular complexity index is 1360. The number of ether oxygens (including phenoxy) is 2. The summed E-state index contributed by atoms with van der Waals surface area (Å²) in [5, 5.41) is 8.47. The quantitative estimate of drug-likeness (QED) is 0.325. The van der Waals surface area contributed by atoms with E-state index in [1.807, 2.05) is 18.2 Å². The summed E-state index contributed by atoms with van der Waals surface area (Å²) in [4.78, 5) is 66.1. The van der Waals surface area contributed by atoms with Crippen LogP contribution in [0.1, 0.15) is 59.7 Å². The van der Waals surface area contributed by atoms with Gasteiger partial charge >= 0.3 is 5.97 Å². The van der Waals surface area contributed by atoms with Crippen molar-refractivity contribution in [3.8, 4) is 0 Å². The van der Waals surface area contributed by atoms with Crippen LogP contribution in [0.4, 0.5) is 5.69 Å². The van der Waals surface area contributed by atoms with Crippen molar-refractivity contribution in [3.63, 3.8) is 0 Å². The third-order valence-electron chi connectivity index (χ3n) is 7.67. The van der Waals surface area contributed by atoms with Gasteiger partial charge in [-0.1, -0.05) is 30.4 Å². The number of benzene rings is 2. The maximum Gasteiger partial charge on any atom is 0.310 e. The number of carbonyl (C=O) groups excluding carboxylic acids is 5. The monoisotopic (exact) mass is 574 g/mol. The molecule has 11 nitrogen and oxygen atoms in total. The molecule has 2 unspecified atom stereocenters. The van der Waals surface area contributed by atoms with E-state index in [1.54, 1.807) is 60.4 Å². The van der Waals surface area contributed by atoms with E-state index in [1.165, 1.54) is 0 Å². The van der Waals surface area contributed by atoms with Crippen molar-refractivity contribution in [2.75, 3.05) is 11.9 Å². The predicted octanol–water partition coefficient (Wildman–Crippen LogP) is 2.54. The van der Waals surface area contributed by atoms with Crippen LogP contribution in [0.3, 0.4) is 0 Å². The molecule has 220 valence electrons. The zero-order valence-corrected chi connectivity index (χ0v) is 23.3. The van der Waals surface area contributed by atoms with Crippen LogP contribution < -0.4 is 16.0 Å². The molecule has 42 heavy (non-hydrogen) atoms. The predicted molar refractivity (Wildman–Crippen MR) is 152 cm³/mol. The van der Waals surface area contributed by atoms with Crippen LogP contribution >= 0.6 is 0 Å². The molecule has 2 saturated heterocycles. The average molecular weight is 575 g/mol. The maximum atomic E-state index is 13.8. The minimum Gasteiger partial charge on any atom is -0.433 e. The van der Waals surface area contributed by atoms with Crippen molar-refractivity contribution in [1.82, 2.24) is 15.5 Å². The van der Waals surface area contributed by atoms with Crippen molar-refractivity contribution in [2.24, 2.45) is 0 Å². The topological polar surface area (TPSA) is 143 Å². The zero-order chi connectivity index (χ0) is 29.6. The van der Waals surface area contributed by atoms with Gasteiger partial charge in [-0.15, -0.1) is 0 Å². The Balaban J connectivity index is 1.24. The van der Waals surface area contributed by atoms with E-state index in [4.69, 9.17) is 9.47 Å². The number of nitrogens with one attached hydrogen (secondary N) is 3. The number of amides is 4. The molecule has 4 amide bonds. The lowest BCUT2D eigenvalue weighted by Crippen LogP contribution is -2.57. The van der Waals surface area contributed by atoms with Gasteiger partial charge < -0.3 is 30.3 Å². The number of nitrogens with zero attached hydrogens (tertiary/aromatic N) is 1. The number of rotatable bonds is 8. The number of esters is 1. The van der Waals surface area contributed by atoms with Crippen LogP contribution in [-0.2, 0) is 23.9 Å². The third kappa shape index (κ3) is 6.52. The number of hydrogen-bond acceptors (Lipinski definition) is 7. The fourth-order valence-corrected chi connectivity index (χ4v) is 5.58. The molecule has 3 heterocycles. The molecule has 0 saturated carbocycles. The van der Waals surface area contributed by atoms with Gasteiger partial charge in [-0.2, -0.15) is 0 Å². The number of hydrogen-bond donors (Lipinski definition) is 3. The number of carbonyl (C=O) groups is 5. The molecule has 3 aliphatic rings. The van der Waals surface area contributed by atoms with Crippen LogP contribution in [0.2, 0.25) is 0 Å². The molecule has 3 N–H and O–H groups in total. The molecule has 0 radical (unpaired) electrons. The highest BCUT2D eigenvalue weighted by atomic mass is 16.7. The highest BCUT2D eigenvalue weighted by Gasteiger charge is 2.45. The average Bonchev–Trinajstić information content (AvgIpc) is 3.56. The van der Waals surface area contributed by atoms with E-state index in [-0.39, 0.29) is 36.6 Å². The standard InChI is InChI=1S/C31H34N4O7/c1-2-41-31-24(18-26(36)42-31)34-29(39)25-17-16-22-10-6-7-11-23(30(40)35(22)25)33-28(38)20-12-14-21(15-13-20)32-27(37)19-8-4-3-5-9-19/h3-9,12-15,22-25,31H,2,10-11,16-18H2,1H3,(H,32,37)(H,33,38)(H,34,39)/t22-,23+,24?,25+,31?/m1/s1. The van der Waals surface area contributed by atoms with Crippen LogP contribution in [0.5, 0.6) is 0 Å². The Morgan fingerprint density at radius 3 is 2.36 bits per heavy atom. The van der Waals surface area contributed by atoms with E-state index >= 15 is 0 Å². The first-order valence-corrected chi connectivity index (χ1v) is 14.2. The maximum absolute atomic E-state index is 13.8. The van der Waals surface area contributed by atoms with E-state index in [0.717, 1.165) is 0 Å². The van der Waals surface area contributed by atoms with Gasteiger partial charge in [0.25, 0.3) is 11.8 Å². The second kappa shape index (κ2) is 13.0. The number of cyclic esters (lactones) is 1. The summed E-state index contributed by atoms with van der Waals surface area (Å²) in [5.74, 6) is -1.87. The third-order valence-corrected chi connectivity index (χ3v) is 7.67. The highest BCUT2D eigenvalue weighted by Crippen LogP contribution is 2.30. The van der Waals surface area contributed by atoms with E-state index in [0.29, 0.717) is 42.7 Å². The number of anilines is 1. The van der Waals surface area contributed by atoms with Gasteiger partial charge in [-0.3, -0.25) is 24.0 Å². The summed E-state index contributed by atoms with van der Waals surface area (Å²) in [6.45, 7) is 2.09. The van der Waals surface area contributed by atoms with Gasteiger partial charge in [-0.05, 0) is 69.0 Å². The molecular weight excluding hydrogens is 540 g/mol. The van der Waals surface area contributed by atoms with Crippen LogP contribution in [-0.4, -0.2) is 71.6 Å². The van der Waals surface area contributed by atoms with Gasteiger partial charge in [-0.25, -0.2) is 0 Å². The Kier molecular flexibility index (Phi) is 8.97. The fourth-order valence-electron chi connectivity index (χ4n) is 5.58. The molecule has 3 aliphatic heterocycles. The van der Waals surface area contributed by atoms with Crippen molar-refractivity contribution >= 4 is 35.3 Å². The minimum absolute atomic E-state index is 0.00333. The molecule has 5 rings (SSSR count). The largest absolute Gasteiger partial charge is 0.433 e. The highest BCUT2D eigenvalue weighted by molar-refractivity contribution is 6.04. The van der Waals surface area contributed by atoms with Gasteiger partial charge in [0.15, 0.2) is 0 Å². The normalized spacial score (nSPS) is 25.2. The van der Waals surface area contributed by atoms with E-state index in [2.05, 4.69) is 16.0 Å². The van der Waals surface area contributed by atoms with Crippen molar-refractivity contribution in [3.05, 3.63) is 77.9 Å². The molecule has 11 heteroatoms. The summed E-state index contributed by atoms with van der Waals surface area (Å²) >= 11 is 0. The molecule has 2 aromatic carbocycles. The summed E-state index contributed by atoms with van der Waals surface area (Å²) in [7, 11) is 0. The molecule has 0 spiro atoms. The van der Waals surface area contributed by atoms with E-state index < -0.39 is 36.3 Å². The van der Waals surface area contributed by atoms with Gasteiger partial charge in [0.2, 0.25) is 18.1 Å². The van der Waals surface area contributed by atoms with Gasteiger partial charge in [0.1, 0.15) is 18.1 Å². The first kappa shape index (κ1) is 29.0. The first-order chi connectivity index (χ1) is 20.3. The molecule has 0 aliphatic carbocycles. The van der Waals surface area contributed by atoms with Crippen LogP contribution in [0.15, 0.2) is 66.7 Å². The van der Waals surface area contributed by atoms with Crippen molar-refractivity contribution < 1.29 is 33.4 Å². The number of fused-ring (bicyclic) bond motifs is 1. The molecule has 0 bridgehead atoms. The van der Waals surface area contributed by atoms with Gasteiger partial charge in [0, 0.05) is 29.5 Å². The molecule has 2 fully saturated rings. The lowest BCUT2D eigenvalue weighted by atomic mass is 10.0. The molecule has 0 aromatic heterocycles. The Labute approximate surface area is 243 Å². The van der Waals surface area contributed by atoms with E-state index in [9.17, 15) is 24.0 Å². The molecular formula is C31H34N4O7. The fraction of sp³-hybridized carbons (Fsp3) is 0.387. The lowest BCUT2D eigenvalue weighted by molar-refractivity contribution is -0.164. The Morgan fingerprint density at radius 2 is 1.62 bits per heavy atom. The summed E-state index contributed by atoms with van der Waals surface area (Å²) < 4.78 is 10.6. The molecule has 5 atom stereocenters. The second-order valence-corrected chi connectivity index (χ2v) is 10.5. The van der Waals surface area contributed by atoms with Crippen LogP contribution in [0, 0.1) is 0 Å². The SMILES string of the molecule is CCOC1OC(=O)CC1NC(=O)[C@@H]1CC[C@H]2CC=CC[C@H](NC(=O)c3ccc(NC(=O)c4ccccc4)cc3)C(=O)N21. The summed E-state index contributed by atoms with van der Waals surface area (Å²) in [6.07, 6.45) is 4.99. The zero-order valence-electron chi connectivity index (χ0n) is 23.3. The Morgan fingerprint density at radius 1 is 0.905 bits per heavy atom. The summed E-state index contributed by atoms with van der Waals surface area (Å²) in [6, 6.07) is 12.8. The minimum atomic E-state index is -0.866. The summed E-state index contributed by atoms with van der Waals surface area (Å²) in [5.41, 5.74) is 1.37. The smallest absolute Gasteiger partial charge is 0.310 e. The van der Waals surface area contributed by atoms with Crippen molar-refractivity contribution in [2.45, 2.75) is 69.5 Å². The van der Waals surface area contributed by atoms with Gasteiger partial charge in [0.05, 0.1) is 6.42 Å². The Hall–Kier alpha value is -4.51. The lowest BCUT2D eigenvalue weighted by Gasteiger charge is -2.34. The first-order valence-electron chi connectivity index (χ1n) is 14.2. The van der Waals surface area contributed by atoms with Crippen LogP contribution in [0.25, 0.3) is 0 Å². The van der Waals surface area contributed by atoms with Crippen molar-refractivity contribution in [1.29, 1.82) is 0 Å².